The monoisotopic (exact) mass is 374 g/mol. The van der Waals surface area contributed by atoms with Gasteiger partial charge in [0.2, 0.25) is 5.91 Å². The van der Waals surface area contributed by atoms with Crippen LogP contribution in [0.4, 0.5) is 0 Å². The third kappa shape index (κ3) is 2.20. The van der Waals surface area contributed by atoms with E-state index >= 15 is 0 Å². The number of nitrogens with one attached hydrogen (secondary N) is 1. The molecule has 27 heavy (non-hydrogen) atoms. The van der Waals surface area contributed by atoms with Crippen LogP contribution in [0, 0.1) is 17.3 Å². The minimum Gasteiger partial charge on any atom is -0.478 e. The molecule has 0 radical (unpaired) electrons. The molecule has 6 atom stereocenters. The van der Waals surface area contributed by atoms with E-state index in [0.717, 1.165) is 19.0 Å². The zero-order valence-corrected chi connectivity index (χ0v) is 14.8. The highest BCUT2D eigenvalue weighted by atomic mass is 16.5. The Labute approximate surface area is 155 Å². The summed E-state index contributed by atoms with van der Waals surface area (Å²) in [6.07, 6.45) is 4.29. The van der Waals surface area contributed by atoms with Crippen LogP contribution in [0.5, 0.6) is 0 Å². The Morgan fingerprint density at radius 1 is 1.37 bits per heavy atom. The van der Waals surface area contributed by atoms with Crippen LogP contribution in [0.25, 0.3) is 0 Å². The summed E-state index contributed by atoms with van der Waals surface area (Å²) in [7, 11) is 0. The molecule has 3 N–H and O–H groups in total. The molecule has 8 heteroatoms. The van der Waals surface area contributed by atoms with Gasteiger partial charge in [-0.2, -0.15) is 0 Å². The predicted molar refractivity (Wildman–Crippen MR) is 91.7 cm³/mol. The molecule has 1 amide bonds. The Hall–Kier alpha value is -2.19. The number of hydrogen-bond acceptors (Lipinski definition) is 5. The number of carbonyl (C=O) groups is 3. The average molecular weight is 374 g/mol. The van der Waals surface area contributed by atoms with E-state index in [1.165, 1.54) is 5.57 Å². The van der Waals surface area contributed by atoms with E-state index in [0.29, 0.717) is 19.6 Å². The molecule has 0 aromatic heterocycles. The Morgan fingerprint density at radius 2 is 2.19 bits per heavy atom. The Kier molecular flexibility index (Phi) is 3.55. The highest BCUT2D eigenvalue weighted by molar-refractivity contribution is 5.96. The van der Waals surface area contributed by atoms with Gasteiger partial charge in [0.25, 0.3) is 0 Å². The molecule has 1 aliphatic carbocycles. The number of piperidine rings is 2. The van der Waals surface area contributed by atoms with Gasteiger partial charge in [0, 0.05) is 36.0 Å². The molecule has 5 aliphatic rings. The number of carboxylic acid groups (broad SMARTS) is 2. The summed E-state index contributed by atoms with van der Waals surface area (Å²) in [5, 5.41) is 22.3. The molecule has 3 saturated heterocycles. The minimum absolute atomic E-state index is 0.0236. The van der Waals surface area contributed by atoms with E-state index < -0.39 is 23.4 Å². The number of fused-ring (bicyclic) bond motifs is 1. The number of aliphatic carboxylic acids is 2. The lowest BCUT2D eigenvalue weighted by Crippen LogP contribution is -2.70. The summed E-state index contributed by atoms with van der Waals surface area (Å²) in [5.74, 6) is -2.41. The smallest absolute Gasteiger partial charge is 0.332 e. The van der Waals surface area contributed by atoms with Crippen molar-refractivity contribution in [3.63, 3.8) is 0 Å². The lowest BCUT2D eigenvalue weighted by atomic mass is 9.52. The van der Waals surface area contributed by atoms with Crippen molar-refractivity contribution in [2.45, 2.75) is 37.5 Å². The number of carbonyl (C=O) groups excluding carboxylic acids is 1. The molecule has 4 fully saturated rings. The van der Waals surface area contributed by atoms with Crippen molar-refractivity contribution in [3.05, 3.63) is 23.3 Å². The second-order valence-electron chi connectivity index (χ2n) is 8.30. The number of hydrogen-bond donors (Lipinski definition) is 3. The summed E-state index contributed by atoms with van der Waals surface area (Å²) in [6.45, 7) is 1.93. The third-order valence-electron chi connectivity index (χ3n) is 7.38. The van der Waals surface area contributed by atoms with Crippen molar-refractivity contribution in [1.29, 1.82) is 0 Å². The minimum atomic E-state index is -1.27. The molecule has 144 valence electrons. The van der Waals surface area contributed by atoms with Crippen molar-refractivity contribution in [2.75, 3.05) is 19.7 Å². The van der Waals surface area contributed by atoms with Crippen molar-refractivity contribution in [3.8, 4) is 0 Å². The van der Waals surface area contributed by atoms with Crippen LogP contribution < -0.4 is 5.32 Å². The van der Waals surface area contributed by atoms with Gasteiger partial charge in [-0.15, -0.1) is 0 Å². The Bertz CT molecular complexity index is 804. The first-order valence-corrected chi connectivity index (χ1v) is 9.44. The van der Waals surface area contributed by atoms with Gasteiger partial charge in [-0.3, -0.25) is 9.69 Å². The molecule has 4 aliphatic heterocycles. The fraction of sp³-hybridized carbons (Fsp3) is 0.632. The van der Waals surface area contributed by atoms with Gasteiger partial charge in [0.05, 0.1) is 24.7 Å². The largest absolute Gasteiger partial charge is 0.478 e. The standard InChI is InChI=1S/C19H22N2O6/c22-14-7-12-16-10-5-13-19(17(16)20-14,11(18(25)26)6-15(23)24)2-3-21(13)8-9(10)1-4-27-12/h1,6,10,12-13,16-17H,2-5,7-8H2,(H,20,22)(H,23,24)(H,25,26)/b11-6+/t10-,12-,13-,16-,17+,19+/m0/s1. The third-order valence-corrected chi connectivity index (χ3v) is 7.38. The lowest BCUT2D eigenvalue weighted by Gasteiger charge is -2.59. The molecule has 1 saturated carbocycles. The van der Waals surface area contributed by atoms with Gasteiger partial charge in [-0.05, 0) is 25.3 Å². The van der Waals surface area contributed by atoms with E-state index in [2.05, 4.69) is 16.3 Å². The molecule has 0 aromatic rings. The highest BCUT2D eigenvalue weighted by Gasteiger charge is 2.67. The van der Waals surface area contributed by atoms with Gasteiger partial charge < -0.3 is 20.3 Å². The van der Waals surface area contributed by atoms with E-state index in [1.807, 2.05) is 0 Å². The van der Waals surface area contributed by atoms with Gasteiger partial charge in [0.1, 0.15) is 0 Å². The van der Waals surface area contributed by atoms with Gasteiger partial charge in [0.15, 0.2) is 0 Å². The molecule has 2 bridgehead atoms. The number of rotatable bonds is 3. The lowest BCUT2D eigenvalue weighted by molar-refractivity contribution is -0.147. The zero-order valence-electron chi connectivity index (χ0n) is 14.8. The quantitative estimate of drug-likeness (QED) is 0.470. The molecule has 0 aromatic carbocycles. The normalized spacial score (nSPS) is 42.8. The first kappa shape index (κ1) is 16.9. The van der Waals surface area contributed by atoms with Crippen LogP contribution in [0.1, 0.15) is 19.3 Å². The Balaban J connectivity index is 1.72. The van der Waals surface area contributed by atoms with E-state index in [9.17, 15) is 24.6 Å². The number of nitrogens with zero attached hydrogens (tertiary/aromatic N) is 1. The van der Waals surface area contributed by atoms with Crippen molar-refractivity contribution >= 4 is 17.8 Å². The van der Waals surface area contributed by atoms with Crippen LogP contribution in [0.2, 0.25) is 0 Å². The summed E-state index contributed by atoms with van der Waals surface area (Å²) >= 11 is 0. The summed E-state index contributed by atoms with van der Waals surface area (Å²) < 4.78 is 6.00. The van der Waals surface area contributed by atoms with Gasteiger partial charge in [-0.1, -0.05) is 11.6 Å². The fourth-order valence-electron chi connectivity index (χ4n) is 6.53. The van der Waals surface area contributed by atoms with Crippen LogP contribution >= 0.6 is 0 Å². The summed E-state index contributed by atoms with van der Waals surface area (Å²) in [5.41, 5.74) is 0.317. The predicted octanol–water partition coefficient (Wildman–Crippen LogP) is 0.00610. The first-order valence-electron chi connectivity index (χ1n) is 9.44. The van der Waals surface area contributed by atoms with E-state index in [4.69, 9.17) is 4.74 Å². The maximum Gasteiger partial charge on any atom is 0.332 e. The van der Waals surface area contributed by atoms with Crippen LogP contribution in [0.15, 0.2) is 23.3 Å². The molecule has 5 rings (SSSR count). The first-order chi connectivity index (χ1) is 12.9. The van der Waals surface area contributed by atoms with E-state index in [1.54, 1.807) is 0 Å². The zero-order chi connectivity index (χ0) is 18.9. The van der Waals surface area contributed by atoms with Crippen LogP contribution in [-0.2, 0) is 19.1 Å². The number of ether oxygens (including phenoxy) is 1. The van der Waals surface area contributed by atoms with Gasteiger partial charge >= 0.3 is 11.9 Å². The van der Waals surface area contributed by atoms with Crippen LogP contribution in [-0.4, -0.2) is 70.8 Å². The highest BCUT2D eigenvalue weighted by Crippen LogP contribution is 2.60. The maximum atomic E-state index is 12.5. The Morgan fingerprint density at radius 3 is 2.93 bits per heavy atom. The second kappa shape index (κ2) is 5.65. The molecule has 4 heterocycles. The second-order valence-corrected chi connectivity index (χ2v) is 8.30. The van der Waals surface area contributed by atoms with Crippen molar-refractivity contribution < 1.29 is 29.3 Å². The molecule has 8 nitrogen and oxygen atoms in total. The van der Waals surface area contributed by atoms with E-state index in [-0.39, 0.29) is 41.9 Å². The van der Waals surface area contributed by atoms with Crippen LogP contribution in [0.3, 0.4) is 0 Å². The number of carboxylic acids is 2. The number of amides is 1. The maximum absolute atomic E-state index is 12.5. The molecular weight excluding hydrogens is 352 g/mol. The van der Waals surface area contributed by atoms with Gasteiger partial charge in [-0.25, -0.2) is 9.59 Å². The fourth-order valence-corrected chi connectivity index (χ4v) is 6.53. The SMILES string of the molecule is O=C(O)/C=C(\C(=O)O)[C@@]12CCN3CC4=CCO[C@H]5CC(=O)N[C@@H]1[C@H]5[C@H]4C[C@H]32. The average Bonchev–Trinajstić information content (AvgIpc) is 2.90. The molecular formula is C19H22N2O6. The molecule has 0 spiro atoms. The summed E-state index contributed by atoms with van der Waals surface area (Å²) in [4.78, 5) is 38.3. The molecule has 0 unspecified atom stereocenters. The topological polar surface area (TPSA) is 116 Å². The van der Waals surface area contributed by atoms with Crippen molar-refractivity contribution in [2.24, 2.45) is 17.3 Å². The van der Waals surface area contributed by atoms with Crippen molar-refractivity contribution in [1.82, 2.24) is 10.2 Å². The summed E-state index contributed by atoms with van der Waals surface area (Å²) in [6, 6.07) is -0.513.